The van der Waals surface area contributed by atoms with Gasteiger partial charge in [-0.3, -0.25) is 9.20 Å². The van der Waals surface area contributed by atoms with Crippen LogP contribution < -0.4 is 5.56 Å². The van der Waals surface area contributed by atoms with Crippen LogP contribution in [0.5, 0.6) is 0 Å². The fraction of sp³-hybridized carbons (Fsp3) is 0.182. The Labute approximate surface area is 77.5 Å². The highest BCUT2D eigenvalue weighted by Crippen LogP contribution is 1.96. The van der Waals surface area contributed by atoms with Crippen molar-refractivity contribution in [1.29, 1.82) is 0 Å². The second kappa shape index (κ2) is 4.45. The third-order valence-electron chi connectivity index (χ3n) is 1.63. The molecule has 0 atom stereocenters. The highest BCUT2D eigenvalue weighted by molar-refractivity contribution is 5.45. The number of hydrogen-bond donors (Lipinski definition) is 0. The van der Waals surface area contributed by atoms with Gasteiger partial charge in [-0.25, -0.2) is 0 Å². The summed E-state index contributed by atoms with van der Waals surface area (Å²) in [5.41, 5.74) is 0.947. The number of aromatic nitrogens is 1. The van der Waals surface area contributed by atoms with Crippen LogP contribution in [0, 0.1) is 0 Å². The van der Waals surface area contributed by atoms with E-state index in [1.54, 1.807) is 22.7 Å². The molecule has 2 heteroatoms. The van der Waals surface area contributed by atoms with E-state index in [1.165, 1.54) is 0 Å². The smallest absolute Gasteiger partial charge is 0.255 e. The van der Waals surface area contributed by atoms with Crippen molar-refractivity contribution >= 4 is 5.52 Å². The van der Waals surface area contributed by atoms with E-state index in [-0.39, 0.29) is 5.56 Å². The molecule has 0 aliphatic rings. The summed E-state index contributed by atoms with van der Waals surface area (Å²) in [4.78, 5) is 11.1. The molecule has 0 fully saturated rings. The number of rotatable bonds is 0. The van der Waals surface area contributed by atoms with Crippen LogP contribution in [0.1, 0.15) is 13.8 Å². The first-order chi connectivity index (χ1) is 6.38. The maximum atomic E-state index is 11.1. The molecule has 2 nitrogen and oxygen atoms in total. The molecule has 68 valence electrons. The van der Waals surface area contributed by atoms with Crippen LogP contribution in [0.4, 0.5) is 0 Å². The van der Waals surface area contributed by atoms with Crippen LogP contribution in [0.15, 0.2) is 47.4 Å². The SMILES string of the molecule is CC.O=c1cccc2ccccn12. The number of nitrogens with zero attached hydrogens (tertiary/aromatic N) is 1. The van der Waals surface area contributed by atoms with Crippen molar-refractivity contribution in [2.24, 2.45) is 0 Å². The minimum atomic E-state index is 0.0168. The van der Waals surface area contributed by atoms with Crippen LogP contribution in [-0.2, 0) is 0 Å². The van der Waals surface area contributed by atoms with E-state index in [1.807, 2.05) is 38.1 Å². The normalized spacial score (nSPS) is 9.08. The molecule has 2 heterocycles. The van der Waals surface area contributed by atoms with Gasteiger partial charge < -0.3 is 0 Å². The molecule has 0 unspecified atom stereocenters. The molecule has 13 heavy (non-hydrogen) atoms. The molecule has 0 saturated carbocycles. The number of hydrogen-bond acceptors (Lipinski definition) is 1. The molecule has 0 saturated heterocycles. The maximum Gasteiger partial charge on any atom is 0.255 e. The van der Waals surface area contributed by atoms with E-state index >= 15 is 0 Å². The van der Waals surface area contributed by atoms with Crippen LogP contribution >= 0.6 is 0 Å². The Morgan fingerprint density at radius 3 is 2.38 bits per heavy atom. The van der Waals surface area contributed by atoms with Gasteiger partial charge in [-0.15, -0.1) is 0 Å². The summed E-state index contributed by atoms with van der Waals surface area (Å²) in [6.07, 6.45) is 1.76. The Hall–Kier alpha value is -1.57. The number of fused-ring (bicyclic) bond motifs is 1. The second-order valence-corrected chi connectivity index (χ2v) is 2.36. The van der Waals surface area contributed by atoms with Gasteiger partial charge in [0.25, 0.3) is 5.56 Å². The van der Waals surface area contributed by atoms with E-state index in [9.17, 15) is 4.79 Å². The molecule has 0 amide bonds. The van der Waals surface area contributed by atoms with Crippen LogP contribution in [0.2, 0.25) is 0 Å². The summed E-state index contributed by atoms with van der Waals surface area (Å²) >= 11 is 0. The molecule has 2 aromatic rings. The van der Waals surface area contributed by atoms with Gasteiger partial charge in [-0.2, -0.15) is 0 Å². The number of pyridine rings is 2. The zero-order valence-corrected chi connectivity index (χ0v) is 7.90. The van der Waals surface area contributed by atoms with Crippen LogP contribution in [0.3, 0.4) is 0 Å². The first-order valence-electron chi connectivity index (χ1n) is 4.44. The quantitative estimate of drug-likeness (QED) is 0.602. The minimum absolute atomic E-state index is 0.0168. The zero-order valence-electron chi connectivity index (χ0n) is 7.90. The minimum Gasteiger partial charge on any atom is -0.284 e. The van der Waals surface area contributed by atoms with Crippen LogP contribution in [0.25, 0.3) is 5.52 Å². The predicted octanol–water partition coefficient (Wildman–Crippen LogP) is 2.33. The lowest BCUT2D eigenvalue weighted by atomic mass is 10.3. The Balaban J connectivity index is 0.000000396. The monoisotopic (exact) mass is 175 g/mol. The molecule has 0 bridgehead atoms. The molecule has 0 radical (unpaired) electrons. The predicted molar refractivity (Wildman–Crippen MR) is 55.0 cm³/mol. The van der Waals surface area contributed by atoms with Crippen molar-refractivity contribution in [3.63, 3.8) is 0 Å². The fourth-order valence-electron chi connectivity index (χ4n) is 1.10. The summed E-state index contributed by atoms with van der Waals surface area (Å²) < 4.78 is 1.61. The molecule has 0 aliphatic carbocycles. The van der Waals surface area contributed by atoms with Crippen molar-refractivity contribution in [1.82, 2.24) is 4.40 Å². The van der Waals surface area contributed by atoms with Gasteiger partial charge in [0.05, 0.1) is 0 Å². The van der Waals surface area contributed by atoms with E-state index in [2.05, 4.69) is 0 Å². The average molecular weight is 175 g/mol. The first-order valence-corrected chi connectivity index (χ1v) is 4.44. The first kappa shape index (κ1) is 9.52. The molecule has 2 aromatic heterocycles. The van der Waals surface area contributed by atoms with Gasteiger partial charge in [0.2, 0.25) is 0 Å². The molecule has 0 N–H and O–H groups in total. The topological polar surface area (TPSA) is 21.5 Å². The summed E-state index contributed by atoms with van der Waals surface area (Å²) in [6.45, 7) is 4.00. The van der Waals surface area contributed by atoms with E-state index < -0.39 is 0 Å². The molecule has 0 aliphatic heterocycles. The van der Waals surface area contributed by atoms with Gasteiger partial charge in [-0.05, 0) is 18.2 Å². The van der Waals surface area contributed by atoms with Gasteiger partial charge in [-0.1, -0.05) is 26.0 Å². The second-order valence-electron chi connectivity index (χ2n) is 2.36. The zero-order chi connectivity index (χ0) is 9.68. The largest absolute Gasteiger partial charge is 0.284 e. The lowest BCUT2D eigenvalue weighted by Crippen LogP contribution is -2.09. The Morgan fingerprint density at radius 1 is 1.00 bits per heavy atom. The van der Waals surface area contributed by atoms with E-state index in [4.69, 9.17) is 0 Å². The van der Waals surface area contributed by atoms with Gasteiger partial charge in [0.1, 0.15) is 0 Å². The summed E-state index contributed by atoms with van der Waals surface area (Å²) in [5, 5.41) is 0. The average Bonchev–Trinajstić information content (AvgIpc) is 2.22. The Bertz CT molecular complexity index is 426. The summed E-state index contributed by atoms with van der Waals surface area (Å²) in [6, 6.07) is 10.9. The van der Waals surface area contributed by atoms with Gasteiger partial charge in [0.15, 0.2) is 0 Å². The van der Waals surface area contributed by atoms with Gasteiger partial charge in [0, 0.05) is 17.8 Å². The van der Waals surface area contributed by atoms with Crippen LogP contribution in [-0.4, -0.2) is 4.40 Å². The van der Waals surface area contributed by atoms with Gasteiger partial charge >= 0.3 is 0 Å². The summed E-state index contributed by atoms with van der Waals surface area (Å²) in [5.74, 6) is 0. The highest BCUT2D eigenvalue weighted by Gasteiger charge is 1.89. The van der Waals surface area contributed by atoms with E-state index in [0.29, 0.717) is 0 Å². The molecular formula is C11H13NO. The Kier molecular flexibility index (Phi) is 3.26. The maximum absolute atomic E-state index is 11.1. The third kappa shape index (κ3) is 1.96. The Morgan fingerprint density at radius 2 is 1.69 bits per heavy atom. The van der Waals surface area contributed by atoms with Crippen molar-refractivity contribution in [2.75, 3.05) is 0 Å². The summed E-state index contributed by atoms with van der Waals surface area (Å²) in [7, 11) is 0. The van der Waals surface area contributed by atoms with Crippen molar-refractivity contribution < 1.29 is 0 Å². The standard InChI is InChI=1S/C9H7NO.C2H6/c11-9-6-3-5-8-4-1-2-7-10(8)9;1-2/h1-7H;1-2H3. The lowest BCUT2D eigenvalue weighted by molar-refractivity contribution is 1.10. The molecular weight excluding hydrogens is 162 g/mol. The van der Waals surface area contributed by atoms with Crippen molar-refractivity contribution in [2.45, 2.75) is 13.8 Å². The highest BCUT2D eigenvalue weighted by atomic mass is 16.1. The fourth-order valence-corrected chi connectivity index (χ4v) is 1.10. The third-order valence-corrected chi connectivity index (χ3v) is 1.63. The lowest BCUT2D eigenvalue weighted by Gasteiger charge is -1.95. The molecule has 2 rings (SSSR count). The van der Waals surface area contributed by atoms with E-state index in [0.717, 1.165) is 5.52 Å². The molecule has 0 spiro atoms. The van der Waals surface area contributed by atoms with Crippen molar-refractivity contribution in [3.05, 3.63) is 52.9 Å². The molecule has 0 aromatic carbocycles. The van der Waals surface area contributed by atoms with Crippen molar-refractivity contribution in [3.8, 4) is 0 Å².